The van der Waals surface area contributed by atoms with Crippen LogP contribution in [0.1, 0.15) is 35.3 Å². The highest BCUT2D eigenvalue weighted by Crippen LogP contribution is 2.68. The minimum atomic E-state index is -4.58. The maximum atomic E-state index is 13.9. The van der Waals surface area contributed by atoms with Crippen molar-refractivity contribution >= 4 is 58.1 Å². The van der Waals surface area contributed by atoms with Crippen molar-refractivity contribution in [2.45, 2.75) is 41.8 Å². The van der Waals surface area contributed by atoms with E-state index in [4.69, 9.17) is 11.6 Å². The fourth-order valence-corrected chi connectivity index (χ4v) is 10.6. The van der Waals surface area contributed by atoms with Crippen molar-refractivity contribution < 1.29 is 27.6 Å². The summed E-state index contributed by atoms with van der Waals surface area (Å²) in [6, 6.07) is 10.5. The highest BCUT2D eigenvalue weighted by Gasteiger charge is 2.70. The lowest BCUT2D eigenvalue weighted by Crippen LogP contribution is -2.46. The van der Waals surface area contributed by atoms with Crippen molar-refractivity contribution in [3.63, 3.8) is 0 Å². The number of alkyl halides is 3. The normalized spacial score (nSPS) is 30.2. The second-order valence-corrected chi connectivity index (χ2v) is 13.9. The number of imide groups is 1. The molecule has 3 amide bonds. The molecule has 2 aliphatic carbocycles. The zero-order valence-electron chi connectivity index (χ0n) is 21.9. The topological polar surface area (TPSA) is 99.3 Å². The molecule has 0 spiro atoms. The van der Waals surface area contributed by atoms with E-state index < -0.39 is 47.3 Å². The molecule has 8 atom stereocenters. The average Bonchev–Trinajstić information content (AvgIpc) is 3.67. The molecule has 13 heteroatoms. The molecular weight excluding hydrogens is 611 g/mol. The van der Waals surface area contributed by atoms with E-state index in [1.54, 1.807) is 23.9 Å². The minimum absolute atomic E-state index is 0.00711. The monoisotopic (exact) mass is 633 g/mol. The number of hydrogen-bond acceptors (Lipinski definition) is 6. The number of rotatable bonds is 4. The molecule has 2 saturated carbocycles. The fraction of sp³-hybridized carbons (Fsp3) is 0.379. The Balaban J connectivity index is 1.18. The van der Waals surface area contributed by atoms with E-state index in [-0.39, 0.29) is 39.5 Å². The molecule has 7 nitrogen and oxygen atoms in total. The van der Waals surface area contributed by atoms with E-state index in [9.17, 15) is 32.3 Å². The second kappa shape index (κ2) is 9.72. The zero-order valence-corrected chi connectivity index (χ0v) is 24.2. The van der Waals surface area contributed by atoms with Gasteiger partial charge < -0.3 is 10.3 Å². The third-order valence-corrected chi connectivity index (χ3v) is 12.1. The Kier molecular flexibility index (Phi) is 6.41. The van der Waals surface area contributed by atoms with Gasteiger partial charge in [0.05, 0.1) is 22.4 Å². The number of thiazole rings is 1. The van der Waals surface area contributed by atoms with Crippen molar-refractivity contribution in [2.75, 3.05) is 5.32 Å². The molecule has 8 unspecified atom stereocenters. The number of nitrogens with zero attached hydrogens (tertiary/aromatic N) is 1. The number of anilines is 1. The van der Waals surface area contributed by atoms with Gasteiger partial charge in [0.25, 0.3) is 0 Å². The predicted molar refractivity (Wildman–Crippen MR) is 151 cm³/mol. The summed E-state index contributed by atoms with van der Waals surface area (Å²) in [5, 5.41) is 3.80. The predicted octanol–water partition coefficient (Wildman–Crippen LogP) is 5.61. The molecule has 7 rings (SSSR count). The molecule has 0 radical (unpaired) electrons. The molecule has 2 aliphatic heterocycles. The molecule has 3 fully saturated rings. The van der Waals surface area contributed by atoms with Crippen molar-refractivity contribution in [1.29, 1.82) is 0 Å². The van der Waals surface area contributed by atoms with Crippen LogP contribution in [0.4, 0.5) is 18.9 Å². The Bertz CT molecular complexity index is 1690. The lowest BCUT2D eigenvalue weighted by molar-refractivity contribution is -0.146. The molecule has 218 valence electrons. The highest BCUT2D eigenvalue weighted by molar-refractivity contribution is 8.00. The van der Waals surface area contributed by atoms with Gasteiger partial charge >= 0.3 is 11.0 Å². The van der Waals surface area contributed by atoms with Crippen molar-refractivity contribution in [1.82, 2.24) is 9.88 Å². The van der Waals surface area contributed by atoms with Crippen LogP contribution < -0.4 is 10.2 Å². The summed E-state index contributed by atoms with van der Waals surface area (Å²) in [4.78, 5) is 57.9. The molecule has 42 heavy (non-hydrogen) atoms. The Morgan fingerprint density at radius 1 is 1.07 bits per heavy atom. The Morgan fingerprint density at radius 3 is 2.45 bits per heavy atom. The van der Waals surface area contributed by atoms with Crippen molar-refractivity contribution in [2.24, 2.45) is 29.6 Å². The van der Waals surface area contributed by atoms with E-state index >= 15 is 0 Å². The maximum absolute atomic E-state index is 13.9. The number of aromatic nitrogens is 1. The van der Waals surface area contributed by atoms with Crippen LogP contribution in [-0.2, 0) is 20.6 Å². The first-order valence-corrected chi connectivity index (χ1v) is 15.5. The maximum Gasteiger partial charge on any atom is 0.416 e. The summed E-state index contributed by atoms with van der Waals surface area (Å²) in [7, 11) is 0. The number of amides is 3. The van der Waals surface area contributed by atoms with Gasteiger partial charge in [-0.1, -0.05) is 41.1 Å². The van der Waals surface area contributed by atoms with E-state index in [0.29, 0.717) is 11.4 Å². The van der Waals surface area contributed by atoms with Gasteiger partial charge in [-0.05, 0) is 67.0 Å². The molecule has 2 aromatic carbocycles. The molecule has 4 aliphatic rings. The fourth-order valence-electron chi connectivity index (χ4n) is 7.60. The first kappa shape index (κ1) is 27.7. The molecule has 2 bridgehead atoms. The molecule has 1 saturated heterocycles. The van der Waals surface area contributed by atoms with Gasteiger partial charge in [0.15, 0.2) is 0 Å². The second-order valence-electron chi connectivity index (χ2n) is 11.3. The largest absolute Gasteiger partial charge is 0.416 e. The standard InChI is InChI=1S/C29H23ClF3N3O4S2/c1-11(24(37)34-15-4-2-3-13(9-15)29(31,32)33)36-26(38)20-16-10-17(21(20)27(36)39)22-19(16)18(12-5-7-14(30)8-6-12)23-25(41-22)35-28(40)42-23/h2-9,11,16-22H,10H2,1H3,(H,34,37)(H,35,40). The number of hydrogen-bond donors (Lipinski definition) is 2. The number of benzene rings is 2. The quantitative estimate of drug-likeness (QED) is 0.364. The molecule has 1 aromatic heterocycles. The van der Waals surface area contributed by atoms with E-state index in [1.807, 2.05) is 12.1 Å². The number of thioether (sulfide) groups is 1. The molecule has 3 heterocycles. The third kappa shape index (κ3) is 4.16. The summed E-state index contributed by atoms with van der Waals surface area (Å²) in [5.41, 5.74) is -0.00949. The van der Waals surface area contributed by atoms with Gasteiger partial charge in [0.2, 0.25) is 17.7 Å². The van der Waals surface area contributed by atoms with E-state index in [1.165, 1.54) is 19.1 Å². The van der Waals surface area contributed by atoms with Crippen LogP contribution in [0.2, 0.25) is 5.02 Å². The van der Waals surface area contributed by atoms with Crippen LogP contribution in [0.3, 0.4) is 0 Å². The van der Waals surface area contributed by atoms with Crippen LogP contribution in [0, 0.1) is 29.6 Å². The van der Waals surface area contributed by atoms with Crippen LogP contribution in [-0.4, -0.2) is 38.9 Å². The number of fused-ring (bicyclic) bond motifs is 9. The van der Waals surface area contributed by atoms with Gasteiger partial charge in [-0.25, -0.2) is 0 Å². The van der Waals surface area contributed by atoms with Gasteiger partial charge in [0.1, 0.15) is 6.04 Å². The van der Waals surface area contributed by atoms with Gasteiger partial charge in [0, 0.05) is 26.8 Å². The smallest absolute Gasteiger partial charge is 0.324 e. The summed E-state index contributed by atoms with van der Waals surface area (Å²) >= 11 is 8.88. The first-order valence-electron chi connectivity index (χ1n) is 13.4. The number of aromatic amines is 1. The van der Waals surface area contributed by atoms with Crippen LogP contribution in [0.25, 0.3) is 0 Å². The van der Waals surface area contributed by atoms with Crippen LogP contribution >= 0.6 is 34.7 Å². The van der Waals surface area contributed by atoms with Gasteiger partial charge in [-0.3, -0.25) is 24.1 Å². The van der Waals surface area contributed by atoms with Crippen LogP contribution in [0.5, 0.6) is 0 Å². The number of carbonyl (C=O) groups is 3. The van der Waals surface area contributed by atoms with E-state index in [0.717, 1.165) is 43.8 Å². The number of H-pyrrole nitrogens is 1. The summed E-state index contributed by atoms with van der Waals surface area (Å²) in [6.07, 6.45) is -3.89. The summed E-state index contributed by atoms with van der Waals surface area (Å²) in [6.45, 7) is 1.42. The lowest BCUT2D eigenvalue weighted by atomic mass is 9.68. The van der Waals surface area contributed by atoms with Gasteiger partial charge in [-0.2, -0.15) is 13.2 Å². The average molecular weight is 634 g/mol. The number of nitrogens with one attached hydrogen (secondary N) is 2. The van der Waals surface area contributed by atoms with Gasteiger partial charge in [-0.15, -0.1) is 11.8 Å². The minimum Gasteiger partial charge on any atom is -0.324 e. The van der Waals surface area contributed by atoms with Crippen molar-refractivity contribution in [3.05, 3.63) is 79.2 Å². The lowest BCUT2D eigenvalue weighted by Gasteiger charge is -2.43. The summed E-state index contributed by atoms with van der Waals surface area (Å²) < 4.78 is 39.5. The number of likely N-dealkylation sites (tertiary alicyclic amines) is 1. The van der Waals surface area contributed by atoms with E-state index in [2.05, 4.69) is 10.3 Å². The molecule has 2 N–H and O–H groups in total. The SMILES string of the molecule is CC(C(=O)Nc1cccc(C(F)(F)F)c1)N1C(=O)C2C3CC(C2C1=O)C1C(c2ccc(Cl)cc2)c2sc(=O)[nH]c2SC31. The Hall–Kier alpha value is -3.09. The Labute approximate surface area is 250 Å². The number of carbonyl (C=O) groups excluding carboxylic acids is 3. The molecular formula is C29H23ClF3N3O4S2. The Morgan fingerprint density at radius 2 is 1.76 bits per heavy atom. The van der Waals surface area contributed by atoms with Crippen molar-refractivity contribution in [3.8, 4) is 0 Å². The molecule has 3 aromatic rings. The highest BCUT2D eigenvalue weighted by atomic mass is 35.5. The third-order valence-electron chi connectivity index (χ3n) is 9.21. The number of halogens is 4. The first-order chi connectivity index (χ1) is 19.9. The zero-order chi connectivity index (χ0) is 29.7. The van der Waals surface area contributed by atoms with Crippen LogP contribution in [0.15, 0.2) is 58.4 Å². The summed E-state index contributed by atoms with van der Waals surface area (Å²) in [5.74, 6) is -3.18.